The van der Waals surface area contributed by atoms with Gasteiger partial charge >= 0.3 is 12.2 Å². The molecular formula is C7H4ClF2IN2O2. The van der Waals surface area contributed by atoms with Gasteiger partial charge < -0.3 is 10.1 Å². The molecule has 0 aromatic carbocycles. The molecule has 0 aliphatic carbocycles. The number of nitro groups is 1. The highest BCUT2D eigenvalue weighted by Gasteiger charge is 2.25. The summed E-state index contributed by atoms with van der Waals surface area (Å²) in [5.74, 6) is -0.744. The number of alkyl halides is 3. The molecule has 0 aliphatic heterocycles. The molecule has 0 spiro atoms. The van der Waals surface area contributed by atoms with E-state index in [1.807, 2.05) is 0 Å². The summed E-state index contributed by atoms with van der Waals surface area (Å²) < 4.78 is 25.3. The van der Waals surface area contributed by atoms with E-state index in [1.165, 1.54) is 0 Å². The highest BCUT2D eigenvalue weighted by Crippen LogP contribution is 2.28. The van der Waals surface area contributed by atoms with Crippen molar-refractivity contribution in [1.29, 1.82) is 0 Å². The maximum atomic E-state index is 12.5. The van der Waals surface area contributed by atoms with E-state index in [9.17, 15) is 18.9 Å². The van der Waals surface area contributed by atoms with Crippen molar-refractivity contribution in [2.45, 2.75) is 12.3 Å². The SMILES string of the molecule is O=[N+]([O-])c1cc(I)c(CCl)c(C(F)F)n1. The number of nitrogens with zero attached hydrogens (tertiary/aromatic N) is 2. The summed E-state index contributed by atoms with van der Waals surface area (Å²) in [5.41, 5.74) is -0.485. The lowest BCUT2D eigenvalue weighted by molar-refractivity contribution is -0.389. The molecule has 8 heteroatoms. The summed E-state index contributed by atoms with van der Waals surface area (Å²) >= 11 is 7.18. The predicted octanol–water partition coefficient (Wildman–Crippen LogP) is 3.27. The second-order valence-corrected chi connectivity index (χ2v) is 3.95. The van der Waals surface area contributed by atoms with Crippen LogP contribution in [0.5, 0.6) is 0 Å². The van der Waals surface area contributed by atoms with Crippen molar-refractivity contribution in [3.63, 3.8) is 0 Å². The Balaban J connectivity index is 3.38. The second-order valence-electron chi connectivity index (χ2n) is 2.52. The van der Waals surface area contributed by atoms with Gasteiger partial charge in [0.2, 0.25) is 5.69 Å². The van der Waals surface area contributed by atoms with Gasteiger partial charge in [-0.15, -0.1) is 11.6 Å². The van der Waals surface area contributed by atoms with E-state index < -0.39 is 22.9 Å². The van der Waals surface area contributed by atoms with Crippen molar-refractivity contribution in [3.8, 4) is 0 Å². The summed E-state index contributed by atoms with van der Waals surface area (Å²) in [5, 5.41) is 10.4. The first-order valence-electron chi connectivity index (χ1n) is 3.65. The molecular weight excluding hydrogens is 344 g/mol. The minimum atomic E-state index is -2.87. The summed E-state index contributed by atoms with van der Waals surface area (Å²) in [4.78, 5) is 12.8. The Hall–Kier alpha value is -0.570. The maximum absolute atomic E-state index is 12.5. The van der Waals surface area contributed by atoms with Gasteiger partial charge in [-0.1, -0.05) is 0 Å². The van der Waals surface area contributed by atoms with Crippen LogP contribution in [0.15, 0.2) is 6.07 Å². The Morgan fingerprint density at radius 3 is 2.67 bits per heavy atom. The lowest BCUT2D eigenvalue weighted by atomic mass is 10.2. The molecule has 1 rings (SSSR count). The first-order valence-corrected chi connectivity index (χ1v) is 5.26. The van der Waals surface area contributed by atoms with Crippen molar-refractivity contribution >= 4 is 40.0 Å². The van der Waals surface area contributed by atoms with Crippen LogP contribution in [0.3, 0.4) is 0 Å². The fraction of sp³-hybridized carbons (Fsp3) is 0.286. The van der Waals surface area contributed by atoms with E-state index >= 15 is 0 Å². The normalized spacial score (nSPS) is 10.7. The van der Waals surface area contributed by atoms with Crippen LogP contribution in [0.25, 0.3) is 0 Å². The number of pyridine rings is 1. The molecule has 15 heavy (non-hydrogen) atoms. The first kappa shape index (κ1) is 12.5. The lowest BCUT2D eigenvalue weighted by Gasteiger charge is -2.03. The van der Waals surface area contributed by atoms with Crippen LogP contribution in [-0.2, 0) is 5.88 Å². The summed E-state index contributed by atoms with van der Waals surface area (Å²) in [7, 11) is 0. The summed E-state index contributed by atoms with van der Waals surface area (Å²) in [6, 6.07) is 1.12. The molecule has 0 radical (unpaired) electrons. The molecule has 4 nitrogen and oxygen atoms in total. The number of halogens is 4. The number of rotatable bonds is 3. The Morgan fingerprint density at radius 1 is 1.67 bits per heavy atom. The van der Waals surface area contributed by atoms with E-state index in [-0.39, 0.29) is 11.4 Å². The molecule has 0 fully saturated rings. The largest absolute Gasteiger partial charge is 0.364 e. The molecule has 1 aromatic rings. The van der Waals surface area contributed by atoms with Gasteiger partial charge in [0, 0.05) is 15.2 Å². The van der Waals surface area contributed by atoms with Gasteiger partial charge in [-0.2, -0.15) is 0 Å². The smallest absolute Gasteiger partial charge is 0.358 e. The first-order chi connectivity index (χ1) is 6.97. The molecule has 1 aromatic heterocycles. The highest BCUT2D eigenvalue weighted by molar-refractivity contribution is 14.1. The van der Waals surface area contributed by atoms with Crippen LogP contribution >= 0.6 is 34.2 Å². The fourth-order valence-electron chi connectivity index (χ4n) is 0.952. The Bertz CT molecular complexity index is 403. The van der Waals surface area contributed by atoms with Crippen molar-refractivity contribution in [2.75, 3.05) is 0 Å². The number of hydrogen-bond acceptors (Lipinski definition) is 3. The summed E-state index contributed by atoms with van der Waals surface area (Å²) in [6.45, 7) is 0. The Kier molecular flexibility index (Phi) is 4.14. The van der Waals surface area contributed by atoms with E-state index in [1.54, 1.807) is 22.6 Å². The van der Waals surface area contributed by atoms with E-state index in [0.29, 0.717) is 3.57 Å². The van der Waals surface area contributed by atoms with Gasteiger partial charge in [-0.3, -0.25) is 0 Å². The Morgan fingerprint density at radius 2 is 2.27 bits per heavy atom. The quantitative estimate of drug-likeness (QED) is 0.365. The van der Waals surface area contributed by atoms with Crippen molar-refractivity contribution in [2.24, 2.45) is 0 Å². The van der Waals surface area contributed by atoms with Crippen molar-refractivity contribution in [3.05, 3.63) is 31.0 Å². The minimum Gasteiger partial charge on any atom is -0.358 e. The fourth-order valence-corrected chi connectivity index (χ4v) is 2.20. The zero-order chi connectivity index (χ0) is 11.6. The molecule has 0 saturated carbocycles. The monoisotopic (exact) mass is 348 g/mol. The average molecular weight is 348 g/mol. The number of aromatic nitrogens is 1. The van der Waals surface area contributed by atoms with Crippen LogP contribution < -0.4 is 0 Å². The van der Waals surface area contributed by atoms with Crippen molar-refractivity contribution in [1.82, 2.24) is 4.98 Å². The van der Waals surface area contributed by atoms with Crippen LogP contribution in [0, 0.1) is 13.7 Å². The average Bonchev–Trinajstić information content (AvgIpc) is 2.16. The van der Waals surface area contributed by atoms with E-state index in [4.69, 9.17) is 11.6 Å². The van der Waals surface area contributed by atoms with E-state index in [2.05, 4.69) is 4.98 Å². The lowest BCUT2D eigenvalue weighted by Crippen LogP contribution is -2.03. The molecule has 82 valence electrons. The highest BCUT2D eigenvalue weighted by atomic mass is 127. The maximum Gasteiger partial charge on any atom is 0.364 e. The third-order valence-corrected chi connectivity index (χ3v) is 2.85. The van der Waals surface area contributed by atoms with Crippen LogP contribution in [0.4, 0.5) is 14.6 Å². The van der Waals surface area contributed by atoms with Gasteiger partial charge in [-0.25, -0.2) is 8.78 Å². The molecule has 0 atom stereocenters. The minimum absolute atomic E-state index is 0.137. The van der Waals surface area contributed by atoms with Crippen LogP contribution in [0.2, 0.25) is 0 Å². The molecule has 0 saturated heterocycles. The van der Waals surface area contributed by atoms with Gasteiger partial charge in [0.1, 0.15) is 0 Å². The molecule has 1 heterocycles. The molecule has 0 N–H and O–H groups in total. The topological polar surface area (TPSA) is 56.0 Å². The Labute approximate surface area is 102 Å². The molecule has 0 bridgehead atoms. The van der Waals surface area contributed by atoms with Crippen LogP contribution in [0.1, 0.15) is 17.7 Å². The van der Waals surface area contributed by atoms with Gasteiger partial charge in [0.25, 0.3) is 0 Å². The zero-order valence-electron chi connectivity index (χ0n) is 7.08. The molecule has 0 aliphatic rings. The standard InChI is InChI=1S/C7H4ClF2IN2O2/c8-2-3-4(11)1-5(13(14)15)12-6(3)7(9)10/h1,7H,2H2. The second kappa shape index (κ2) is 4.97. The van der Waals surface area contributed by atoms with Gasteiger partial charge in [-0.05, 0) is 32.5 Å². The number of hydrogen-bond donors (Lipinski definition) is 0. The molecule has 0 unspecified atom stereocenters. The van der Waals surface area contributed by atoms with Crippen molar-refractivity contribution < 1.29 is 13.7 Å². The van der Waals surface area contributed by atoms with Gasteiger partial charge in [0.05, 0.1) is 5.88 Å². The van der Waals surface area contributed by atoms with E-state index in [0.717, 1.165) is 6.07 Å². The predicted molar refractivity (Wildman–Crippen MR) is 58.1 cm³/mol. The third-order valence-electron chi connectivity index (χ3n) is 1.62. The third kappa shape index (κ3) is 2.71. The van der Waals surface area contributed by atoms with Crippen LogP contribution in [-0.4, -0.2) is 9.91 Å². The van der Waals surface area contributed by atoms with Gasteiger partial charge in [0.15, 0.2) is 0 Å². The summed E-state index contributed by atoms with van der Waals surface area (Å²) in [6.07, 6.45) is -2.87. The molecule has 0 amide bonds. The zero-order valence-corrected chi connectivity index (χ0v) is 10.00.